The predicted molar refractivity (Wildman–Crippen MR) is 135 cm³/mol. The van der Waals surface area contributed by atoms with Crippen LogP contribution < -0.4 is 5.32 Å². The van der Waals surface area contributed by atoms with Gasteiger partial charge in [-0.2, -0.15) is 0 Å². The number of phenols is 1. The number of ether oxygens (including phenoxy) is 1. The van der Waals surface area contributed by atoms with Crippen LogP contribution in [0.15, 0.2) is 65.8 Å². The Hall–Kier alpha value is -3.47. The molecule has 5 rings (SSSR count). The van der Waals surface area contributed by atoms with E-state index in [0.717, 1.165) is 21.0 Å². The van der Waals surface area contributed by atoms with E-state index in [1.165, 1.54) is 23.1 Å². The maximum atomic E-state index is 12.6. The number of hydrogen-bond acceptors (Lipinski definition) is 8. The number of anilines is 1. The summed E-state index contributed by atoms with van der Waals surface area (Å²) in [6.45, 7) is 0.914. The number of aromatic hydroxyl groups is 1. The molecular weight excluding hydrogens is 470 g/mol. The molecule has 8 nitrogen and oxygen atoms in total. The van der Waals surface area contributed by atoms with E-state index in [4.69, 9.17) is 4.74 Å². The first-order chi connectivity index (χ1) is 16.6. The number of amides is 1. The summed E-state index contributed by atoms with van der Waals surface area (Å²) in [5.41, 5.74) is 1.43. The molecule has 172 valence electrons. The fourth-order valence-electron chi connectivity index (χ4n) is 3.60. The number of hydrogen-bond donors (Lipinski definition) is 2. The largest absolute Gasteiger partial charge is 0.507 e. The number of thioether (sulfide) groups is 1. The molecule has 2 N–H and O–H groups in total. The third-order valence-corrected chi connectivity index (χ3v) is 7.13. The van der Waals surface area contributed by atoms with E-state index in [9.17, 15) is 9.90 Å². The van der Waals surface area contributed by atoms with E-state index in [-0.39, 0.29) is 17.4 Å². The van der Waals surface area contributed by atoms with Crippen LogP contribution in [0.1, 0.15) is 0 Å². The number of thiazole rings is 1. The highest BCUT2D eigenvalue weighted by molar-refractivity contribution is 7.99. The van der Waals surface area contributed by atoms with Gasteiger partial charge in [-0.25, -0.2) is 4.98 Å². The molecule has 10 heteroatoms. The number of para-hydroxylation sites is 1. The summed E-state index contributed by atoms with van der Waals surface area (Å²) in [7, 11) is 1.62. The Morgan fingerprint density at radius 1 is 1.12 bits per heavy atom. The molecule has 0 radical (unpaired) electrons. The van der Waals surface area contributed by atoms with Gasteiger partial charge in [0.05, 0.1) is 34.7 Å². The Bertz CT molecular complexity index is 1450. The van der Waals surface area contributed by atoms with Crippen LogP contribution in [0.5, 0.6) is 5.75 Å². The lowest BCUT2D eigenvalue weighted by atomic mass is 10.1. The van der Waals surface area contributed by atoms with Crippen LogP contribution in [-0.4, -0.2) is 50.2 Å². The van der Waals surface area contributed by atoms with E-state index in [0.29, 0.717) is 34.8 Å². The van der Waals surface area contributed by atoms with Gasteiger partial charge in [-0.3, -0.25) is 9.36 Å². The highest BCUT2D eigenvalue weighted by Crippen LogP contribution is 2.34. The minimum atomic E-state index is -0.180. The van der Waals surface area contributed by atoms with E-state index in [2.05, 4.69) is 20.5 Å². The second-order valence-corrected chi connectivity index (χ2v) is 9.46. The maximum Gasteiger partial charge on any atom is 0.236 e. The molecule has 2 heterocycles. The minimum Gasteiger partial charge on any atom is -0.507 e. The van der Waals surface area contributed by atoms with Crippen molar-refractivity contribution in [2.24, 2.45) is 0 Å². The molecule has 5 aromatic rings. The van der Waals surface area contributed by atoms with Gasteiger partial charge in [-0.1, -0.05) is 59.5 Å². The first kappa shape index (κ1) is 22.3. The number of benzene rings is 3. The molecule has 0 saturated heterocycles. The van der Waals surface area contributed by atoms with Crippen LogP contribution in [-0.2, 0) is 16.1 Å². The molecule has 1 amide bonds. The Morgan fingerprint density at radius 3 is 2.68 bits per heavy atom. The third-order valence-electron chi connectivity index (χ3n) is 5.21. The second kappa shape index (κ2) is 9.80. The number of nitrogens with zero attached hydrogens (tertiary/aromatic N) is 4. The van der Waals surface area contributed by atoms with E-state index in [1.807, 2.05) is 59.2 Å². The Labute approximate surface area is 203 Å². The lowest BCUT2D eigenvalue weighted by molar-refractivity contribution is -0.113. The summed E-state index contributed by atoms with van der Waals surface area (Å²) in [5, 5.41) is 25.2. The third kappa shape index (κ3) is 4.60. The zero-order valence-corrected chi connectivity index (χ0v) is 19.9. The summed E-state index contributed by atoms with van der Waals surface area (Å²) >= 11 is 2.71. The van der Waals surface area contributed by atoms with Crippen molar-refractivity contribution >= 4 is 55.1 Å². The van der Waals surface area contributed by atoms with Crippen LogP contribution in [0.2, 0.25) is 0 Å². The number of carbonyl (C=O) groups is 1. The van der Waals surface area contributed by atoms with Crippen molar-refractivity contribution in [3.63, 3.8) is 0 Å². The number of rotatable bonds is 8. The van der Waals surface area contributed by atoms with Crippen molar-refractivity contribution in [3.8, 4) is 17.1 Å². The number of phenolic OH excluding ortho intramolecular Hbond substituents is 1. The average Bonchev–Trinajstić information content (AvgIpc) is 3.44. The van der Waals surface area contributed by atoms with Gasteiger partial charge in [0.25, 0.3) is 0 Å². The number of fused-ring (bicyclic) bond motifs is 2. The Morgan fingerprint density at radius 2 is 1.88 bits per heavy atom. The van der Waals surface area contributed by atoms with Gasteiger partial charge in [-0.15, -0.1) is 10.2 Å². The first-order valence-electron chi connectivity index (χ1n) is 10.5. The molecular formula is C24H21N5O3S2. The maximum absolute atomic E-state index is 12.6. The topological polar surface area (TPSA) is 102 Å². The molecule has 0 atom stereocenters. The van der Waals surface area contributed by atoms with Crippen LogP contribution in [0, 0.1) is 0 Å². The Kier molecular flexibility index (Phi) is 6.43. The quantitative estimate of drug-likeness (QED) is 0.301. The van der Waals surface area contributed by atoms with Gasteiger partial charge < -0.3 is 15.2 Å². The van der Waals surface area contributed by atoms with Gasteiger partial charge in [0.2, 0.25) is 5.91 Å². The van der Waals surface area contributed by atoms with E-state index >= 15 is 0 Å². The summed E-state index contributed by atoms with van der Waals surface area (Å²) < 4.78 is 8.14. The number of carbonyl (C=O) groups excluding carboxylic acids is 1. The van der Waals surface area contributed by atoms with Gasteiger partial charge in [0.15, 0.2) is 16.1 Å². The zero-order valence-electron chi connectivity index (χ0n) is 18.3. The minimum absolute atomic E-state index is 0.120. The second-order valence-electron chi connectivity index (χ2n) is 7.49. The smallest absolute Gasteiger partial charge is 0.236 e. The van der Waals surface area contributed by atoms with Crippen molar-refractivity contribution in [2.75, 3.05) is 24.8 Å². The molecule has 0 bridgehead atoms. The van der Waals surface area contributed by atoms with Crippen molar-refractivity contribution in [1.82, 2.24) is 19.7 Å². The summed E-state index contributed by atoms with van der Waals surface area (Å²) in [4.78, 5) is 17.0. The molecule has 0 saturated carbocycles. The molecule has 0 aliphatic rings. The first-order valence-corrected chi connectivity index (χ1v) is 12.3. The fourth-order valence-corrected chi connectivity index (χ4v) is 5.24. The van der Waals surface area contributed by atoms with Crippen LogP contribution in [0.4, 0.5) is 5.13 Å². The lowest BCUT2D eigenvalue weighted by Crippen LogP contribution is -2.15. The van der Waals surface area contributed by atoms with Gasteiger partial charge in [0.1, 0.15) is 5.75 Å². The molecule has 0 spiro atoms. The average molecular weight is 492 g/mol. The normalized spacial score (nSPS) is 11.3. The summed E-state index contributed by atoms with van der Waals surface area (Å²) in [6.07, 6.45) is 0. The predicted octanol–water partition coefficient (Wildman–Crippen LogP) is 4.79. The van der Waals surface area contributed by atoms with E-state index < -0.39 is 0 Å². The zero-order chi connectivity index (χ0) is 23.5. The molecule has 0 aliphatic heterocycles. The van der Waals surface area contributed by atoms with Gasteiger partial charge in [0, 0.05) is 7.11 Å². The number of methoxy groups -OCH3 is 1. The van der Waals surface area contributed by atoms with Crippen molar-refractivity contribution in [1.29, 1.82) is 0 Å². The van der Waals surface area contributed by atoms with Crippen molar-refractivity contribution < 1.29 is 14.6 Å². The molecule has 3 aromatic carbocycles. The van der Waals surface area contributed by atoms with Crippen molar-refractivity contribution in [3.05, 3.63) is 60.7 Å². The van der Waals surface area contributed by atoms with Gasteiger partial charge in [-0.05, 0) is 35.0 Å². The van der Waals surface area contributed by atoms with Crippen LogP contribution in [0.3, 0.4) is 0 Å². The van der Waals surface area contributed by atoms with Crippen LogP contribution in [0.25, 0.3) is 32.4 Å². The monoisotopic (exact) mass is 491 g/mol. The lowest BCUT2D eigenvalue weighted by Gasteiger charge is -2.11. The molecule has 34 heavy (non-hydrogen) atoms. The number of nitrogens with one attached hydrogen (secondary N) is 1. The SMILES string of the molecule is COCCn1c(SCC(=O)Nc2nc3ccccc3s2)nnc1-c1cc2ccccc2cc1O. The van der Waals surface area contributed by atoms with Crippen molar-refractivity contribution in [2.45, 2.75) is 11.7 Å². The highest BCUT2D eigenvalue weighted by atomic mass is 32.2. The fraction of sp³-hybridized carbons (Fsp3) is 0.167. The van der Waals surface area contributed by atoms with Gasteiger partial charge >= 0.3 is 0 Å². The Balaban J connectivity index is 1.36. The highest BCUT2D eigenvalue weighted by Gasteiger charge is 2.19. The molecule has 0 fully saturated rings. The molecule has 0 aliphatic carbocycles. The van der Waals surface area contributed by atoms with Crippen LogP contribution >= 0.6 is 23.1 Å². The summed E-state index contributed by atoms with van der Waals surface area (Å²) in [5.74, 6) is 0.606. The van der Waals surface area contributed by atoms with E-state index in [1.54, 1.807) is 13.2 Å². The molecule has 2 aromatic heterocycles. The molecule has 0 unspecified atom stereocenters. The number of aromatic nitrogens is 4. The summed E-state index contributed by atoms with van der Waals surface area (Å²) in [6, 6.07) is 19.2. The standard InChI is InChI=1S/C24H21N5O3S2/c1-32-11-10-29-22(17-12-15-6-2-3-7-16(15)13-19(17)30)27-28-24(29)33-14-21(31)26-23-25-18-8-4-5-9-20(18)34-23/h2-9,12-13,30H,10-11,14H2,1H3,(H,25,26,31).